The highest BCUT2D eigenvalue weighted by Gasteiger charge is 2.31. The molecule has 2 rings (SSSR count). The van der Waals surface area contributed by atoms with Crippen molar-refractivity contribution in [2.75, 3.05) is 18.0 Å². The Morgan fingerprint density at radius 1 is 1.31 bits per heavy atom. The fourth-order valence-electron chi connectivity index (χ4n) is 1.56. The molecule has 0 unspecified atom stereocenters. The van der Waals surface area contributed by atoms with Crippen molar-refractivity contribution >= 4 is 40.0 Å². The van der Waals surface area contributed by atoms with Crippen molar-refractivity contribution in [3.05, 3.63) is 30.1 Å². The van der Waals surface area contributed by atoms with Gasteiger partial charge in [-0.25, -0.2) is 9.18 Å². The molecule has 1 fully saturated rings. The maximum atomic E-state index is 12.7. The van der Waals surface area contributed by atoms with E-state index in [1.165, 1.54) is 21.9 Å². The minimum absolute atomic E-state index is 0.0367. The summed E-state index contributed by atoms with van der Waals surface area (Å²) >= 11 is 10.3. The maximum absolute atomic E-state index is 12.7. The van der Waals surface area contributed by atoms with Gasteiger partial charge in [-0.05, 0) is 36.5 Å². The number of amides is 2. The molecule has 16 heavy (non-hydrogen) atoms. The van der Waals surface area contributed by atoms with E-state index in [-0.39, 0.29) is 16.3 Å². The highest BCUT2D eigenvalue weighted by molar-refractivity contribution is 7.83. The molecule has 0 bridgehead atoms. The van der Waals surface area contributed by atoms with Gasteiger partial charge in [0.15, 0.2) is 4.45 Å². The first-order valence-electron chi connectivity index (χ1n) is 4.63. The number of halogens is 2. The number of nitrogens with zero attached hydrogens (tertiary/aromatic N) is 2. The summed E-state index contributed by atoms with van der Waals surface area (Å²) < 4.78 is 12.8. The van der Waals surface area contributed by atoms with Crippen molar-refractivity contribution in [2.24, 2.45) is 0 Å². The van der Waals surface area contributed by atoms with Gasteiger partial charge in [-0.2, -0.15) is 0 Å². The van der Waals surface area contributed by atoms with Crippen LogP contribution in [0.15, 0.2) is 24.3 Å². The van der Waals surface area contributed by atoms with E-state index in [1.54, 1.807) is 12.1 Å². The van der Waals surface area contributed by atoms with Crippen LogP contribution in [0, 0.1) is 5.82 Å². The van der Waals surface area contributed by atoms with Crippen LogP contribution in [0.1, 0.15) is 0 Å². The Hall–Kier alpha value is -1.20. The summed E-state index contributed by atoms with van der Waals surface area (Å²) in [6.45, 7) is 0.954. The van der Waals surface area contributed by atoms with Crippen LogP contribution < -0.4 is 4.90 Å². The minimum atomic E-state index is -0.333. The fraction of sp³-hybridized carbons (Fsp3) is 0.200. The van der Waals surface area contributed by atoms with Crippen molar-refractivity contribution < 1.29 is 9.18 Å². The number of hydrogen-bond donors (Lipinski definition) is 0. The normalized spacial score (nSPS) is 15.8. The summed E-state index contributed by atoms with van der Waals surface area (Å²) in [5.74, 6) is -0.333. The van der Waals surface area contributed by atoms with Gasteiger partial charge in [-0.15, -0.1) is 0 Å². The van der Waals surface area contributed by atoms with Crippen LogP contribution in [0.2, 0.25) is 0 Å². The Morgan fingerprint density at radius 3 is 2.44 bits per heavy atom. The molecule has 3 nitrogen and oxygen atoms in total. The van der Waals surface area contributed by atoms with E-state index in [1.807, 2.05) is 0 Å². The Bertz CT molecular complexity index is 437. The summed E-state index contributed by atoms with van der Waals surface area (Å²) in [4.78, 5) is 14.6. The van der Waals surface area contributed by atoms with Gasteiger partial charge in [0.2, 0.25) is 0 Å². The number of urea groups is 1. The second kappa shape index (κ2) is 4.35. The molecular weight excluding hydrogens is 251 g/mol. The predicted octanol–water partition coefficient (Wildman–Crippen LogP) is 2.59. The summed E-state index contributed by atoms with van der Waals surface area (Å²) in [7, 11) is 0. The number of rotatable bonds is 1. The highest BCUT2D eigenvalue weighted by atomic mass is 35.5. The molecule has 0 N–H and O–H groups in total. The third-order valence-electron chi connectivity index (χ3n) is 2.36. The molecule has 1 aliphatic rings. The lowest BCUT2D eigenvalue weighted by molar-refractivity contribution is 0.238. The van der Waals surface area contributed by atoms with Crippen molar-refractivity contribution in [3.8, 4) is 0 Å². The van der Waals surface area contributed by atoms with Crippen LogP contribution in [-0.2, 0) is 0 Å². The first kappa shape index (κ1) is 11.3. The molecule has 1 aromatic rings. The molecular formula is C10H8ClFN2OS. The molecule has 0 saturated carbocycles. The van der Waals surface area contributed by atoms with E-state index >= 15 is 0 Å². The van der Waals surface area contributed by atoms with Crippen LogP contribution in [0.4, 0.5) is 14.9 Å². The van der Waals surface area contributed by atoms with Gasteiger partial charge in [0, 0.05) is 18.8 Å². The first-order chi connectivity index (χ1) is 7.59. The smallest absolute Gasteiger partial charge is 0.292 e. The lowest BCUT2D eigenvalue weighted by Gasteiger charge is -2.16. The van der Waals surface area contributed by atoms with E-state index in [9.17, 15) is 9.18 Å². The van der Waals surface area contributed by atoms with E-state index in [0.29, 0.717) is 18.8 Å². The van der Waals surface area contributed by atoms with Crippen LogP contribution in [0.5, 0.6) is 0 Å². The summed E-state index contributed by atoms with van der Waals surface area (Å²) in [6, 6.07) is 5.45. The third-order valence-corrected chi connectivity index (χ3v) is 2.78. The molecule has 1 heterocycles. The lowest BCUT2D eigenvalue weighted by Crippen LogP contribution is -2.33. The average molecular weight is 259 g/mol. The van der Waals surface area contributed by atoms with Crippen LogP contribution >= 0.6 is 23.8 Å². The molecule has 0 atom stereocenters. The van der Waals surface area contributed by atoms with Crippen molar-refractivity contribution in [1.82, 2.24) is 4.90 Å². The molecule has 0 radical (unpaired) electrons. The number of carbonyl (C=O) groups is 1. The lowest BCUT2D eigenvalue weighted by atomic mass is 10.3. The Morgan fingerprint density at radius 2 is 1.94 bits per heavy atom. The van der Waals surface area contributed by atoms with E-state index < -0.39 is 0 Å². The highest BCUT2D eigenvalue weighted by Crippen LogP contribution is 2.21. The number of benzene rings is 1. The molecule has 0 aliphatic carbocycles. The van der Waals surface area contributed by atoms with E-state index in [4.69, 9.17) is 23.8 Å². The monoisotopic (exact) mass is 258 g/mol. The second-order valence-electron chi connectivity index (χ2n) is 3.32. The average Bonchev–Trinajstić information content (AvgIpc) is 2.61. The van der Waals surface area contributed by atoms with Gasteiger partial charge >= 0.3 is 6.03 Å². The minimum Gasteiger partial charge on any atom is -0.292 e. The Kier molecular flexibility index (Phi) is 3.07. The molecule has 0 aromatic heterocycles. The molecule has 1 aromatic carbocycles. The van der Waals surface area contributed by atoms with Crippen molar-refractivity contribution in [1.29, 1.82) is 0 Å². The number of thiocarbonyl (C=S) groups is 1. The van der Waals surface area contributed by atoms with Gasteiger partial charge in [0.1, 0.15) is 5.82 Å². The third kappa shape index (κ3) is 2.01. The van der Waals surface area contributed by atoms with Crippen LogP contribution in [-0.4, -0.2) is 28.5 Å². The largest absolute Gasteiger partial charge is 0.330 e. The van der Waals surface area contributed by atoms with Crippen LogP contribution in [0.25, 0.3) is 0 Å². The fourth-order valence-corrected chi connectivity index (χ4v) is 1.89. The number of carbonyl (C=O) groups excluding carboxylic acids is 1. The summed E-state index contributed by atoms with van der Waals surface area (Å²) in [5, 5.41) is 0. The zero-order valence-corrected chi connectivity index (χ0v) is 9.76. The summed E-state index contributed by atoms with van der Waals surface area (Å²) in [6.07, 6.45) is 0. The molecule has 2 amide bonds. The number of hydrogen-bond acceptors (Lipinski definition) is 2. The van der Waals surface area contributed by atoms with Crippen molar-refractivity contribution in [3.63, 3.8) is 0 Å². The van der Waals surface area contributed by atoms with E-state index in [0.717, 1.165) is 0 Å². The quantitative estimate of drug-likeness (QED) is 0.439. The predicted molar refractivity (Wildman–Crippen MR) is 64.3 cm³/mol. The maximum Gasteiger partial charge on any atom is 0.330 e. The molecule has 0 spiro atoms. The Balaban J connectivity index is 2.21. The zero-order chi connectivity index (χ0) is 11.7. The SMILES string of the molecule is O=C1N(C(=S)Cl)CCN1c1ccc(F)cc1. The summed E-state index contributed by atoms with van der Waals surface area (Å²) in [5.41, 5.74) is 0.641. The van der Waals surface area contributed by atoms with Crippen molar-refractivity contribution in [2.45, 2.75) is 0 Å². The zero-order valence-electron chi connectivity index (χ0n) is 8.19. The van der Waals surface area contributed by atoms with E-state index in [2.05, 4.69) is 0 Å². The Labute approximate surface area is 102 Å². The van der Waals surface area contributed by atoms with Gasteiger partial charge < -0.3 is 0 Å². The standard InChI is InChI=1S/C10H8ClFN2OS/c11-9(16)14-6-5-13(10(14)15)8-3-1-7(12)2-4-8/h1-4H,5-6H2. The number of anilines is 1. The second-order valence-corrected chi connectivity index (χ2v) is 4.28. The molecule has 6 heteroatoms. The van der Waals surface area contributed by atoms with Gasteiger partial charge in [0.25, 0.3) is 0 Å². The topological polar surface area (TPSA) is 23.6 Å². The van der Waals surface area contributed by atoms with Gasteiger partial charge in [0.05, 0.1) is 0 Å². The molecule has 1 aliphatic heterocycles. The van der Waals surface area contributed by atoms with Gasteiger partial charge in [-0.3, -0.25) is 9.80 Å². The van der Waals surface area contributed by atoms with Crippen LogP contribution in [0.3, 0.4) is 0 Å². The molecule has 1 saturated heterocycles. The molecule has 84 valence electrons. The first-order valence-corrected chi connectivity index (χ1v) is 5.42. The van der Waals surface area contributed by atoms with Gasteiger partial charge in [-0.1, -0.05) is 11.6 Å².